The summed E-state index contributed by atoms with van der Waals surface area (Å²) < 4.78 is 1.52. The molecule has 30 heavy (non-hydrogen) atoms. The highest BCUT2D eigenvalue weighted by Crippen LogP contribution is 2.23. The van der Waals surface area contributed by atoms with Crippen molar-refractivity contribution in [3.63, 3.8) is 0 Å². The molecule has 2 aromatic carbocycles. The number of aliphatic carboxylic acids is 2. The molecule has 0 aliphatic carbocycles. The first-order chi connectivity index (χ1) is 14.5. The number of carboxylic acid groups (broad SMARTS) is 2. The molecule has 3 aromatic rings. The zero-order valence-corrected chi connectivity index (χ0v) is 15.6. The van der Waals surface area contributed by atoms with Crippen LogP contribution in [0.5, 0.6) is 0 Å². The van der Waals surface area contributed by atoms with Crippen LogP contribution in [0.1, 0.15) is 23.2 Å². The van der Waals surface area contributed by atoms with Gasteiger partial charge in [-0.05, 0) is 25.0 Å². The summed E-state index contributed by atoms with van der Waals surface area (Å²) in [4.78, 5) is 34.4. The molecule has 0 saturated carbocycles. The second-order valence-corrected chi connectivity index (χ2v) is 6.20. The van der Waals surface area contributed by atoms with Crippen LogP contribution in [-0.4, -0.2) is 33.3 Å². The number of nitrogens with zero attached hydrogens (tertiary/aromatic N) is 3. The molecule has 0 bridgehead atoms. The number of hydrazone groups is 1. The molecule has 0 atom stereocenters. The van der Waals surface area contributed by atoms with Gasteiger partial charge in [-0.3, -0.25) is 4.79 Å². The van der Waals surface area contributed by atoms with Crippen molar-refractivity contribution in [2.24, 2.45) is 5.10 Å². The number of carbonyl (C=O) groups is 3. The molecule has 9 nitrogen and oxygen atoms in total. The maximum absolute atomic E-state index is 12.7. The quantitative estimate of drug-likeness (QED) is 0.411. The van der Waals surface area contributed by atoms with Crippen LogP contribution in [0.15, 0.2) is 72.0 Å². The largest absolute Gasteiger partial charge is 0.550 e. The number of nitrogens with one attached hydrogen (secondary N) is 1. The van der Waals surface area contributed by atoms with Crippen molar-refractivity contribution in [2.45, 2.75) is 12.8 Å². The van der Waals surface area contributed by atoms with Crippen molar-refractivity contribution in [1.82, 2.24) is 15.2 Å². The second-order valence-electron chi connectivity index (χ2n) is 6.20. The third-order valence-electron chi connectivity index (χ3n) is 4.12. The summed E-state index contributed by atoms with van der Waals surface area (Å²) in [6, 6.07) is 18.1. The number of rotatable bonds is 8. The summed E-state index contributed by atoms with van der Waals surface area (Å²) in [5.74, 6) is -3.83. The minimum Gasteiger partial charge on any atom is -0.550 e. The molecule has 0 aliphatic rings. The summed E-state index contributed by atoms with van der Waals surface area (Å²) >= 11 is 0. The topological polar surface area (TPSA) is 140 Å². The Kier molecular flexibility index (Phi) is 6.33. The lowest BCUT2D eigenvalue weighted by atomic mass is 10.1. The summed E-state index contributed by atoms with van der Waals surface area (Å²) in [6.07, 6.45) is 0.492. The van der Waals surface area contributed by atoms with E-state index in [1.165, 1.54) is 10.9 Å². The van der Waals surface area contributed by atoms with Crippen LogP contribution in [-0.2, 0) is 9.59 Å². The van der Waals surface area contributed by atoms with E-state index in [2.05, 4.69) is 15.6 Å². The molecule has 0 unspecified atom stereocenters. The Morgan fingerprint density at radius 2 is 1.57 bits per heavy atom. The van der Waals surface area contributed by atoms with Crippen LogP contribution in [0, 0.1) is 0 Å². The zero-order chi connectivity index (χ0) is 21.5. The van der Waals surface area contributed by atoms with Gasteiger partial charge < -0.3 is 19.8 Å². The van der Waals surface area contributed by atoms with Crippen LogP contribution in [0.3, 0.4) is 0 Å². The van der Waals surface area contributed by atoms with Gasteiger partial charge in [0.15, 0.2) is 0 Å². The highest BCUT2D eigenvalue weighted by molar-refractivity contribution is 6.34. The Bertz CT molecular complexity index is 1090. The average Bonchev–Trinajstić information content (AvgIpc) is 3.20. The van der Waals surface area contributed by atoms with E-state index >= 15 is 0 Å². The zero-order valence-electron chi connectivity index (χ0n) is 15.6. The van der Waals surface area contributed by atoms with E-state index in [4.69, 9.17) is 0 Å². The van der Waals surface area contributed by atoms with E-state index in [9.17, 15) is 24.6 Å². The Labute approximate surface area is 171 Å². The molecule has 0 spiro atoms. The molecule has 0 aliphatic heterocycles. The minimum atomic E-state index is -1.68. The van der Waals surface area contributed by atoms with Crippen LogP contribution in [0.25, 0.3) is 16.9 Å². The normalized spacial score (nSPS) is 11.1. The average molecular weight is 404 g/mol. The number of hydrogen-bond donors (Lipinski definition) is 1. The molecule has 1 aromatic heterocycles. The number of carboxylic acids is 2. The van der Waals surface area contributed by atoms with E-state index in [0.717, 1.165) is 5.69 Å². The van der Waals surface area contributed by atoms with Crippen LogP contribution >= 0.6 is 0 Å². The first-order valence-corrected chi connectivity index (χ1v) is 8.94. The van der Waals surface area contributed by atoms with Gasteiger partial charge in [-0.15, -0.1) is 0 Å². The first kappa shape index (κ1) is 20.5. The fraction of sp³-hybridized carbons (Fsp3) is 0.0952. The Morgan fingerprint density at radius 3 is 2.17 bits per heavy atom. The summed E-state index contributed by atoms with van der Waals surface area (Å²) in [6.45, 7) is 0. The van der Waals surface area contributed by atoms with E-state index in [1.807, 2.05) is 36.4 Å². The number of carbonyl (C=O) groups excluding carboxylic acids is 3. The van der Waals surface area contributed by atoms with Gasteiger partial charge in [0.1, 0.15) is 5.69 Å². The van der Waals surface area contributed by atoms with Crippen molar-refractivity contribution >= 4 is 23.6 Å². The summed E-state index contributed by atoms with van der Waals surface area (Å²) in [7, 11) is 0. The fourth-order valence-electron chi connectivity index (χ4n) is 2.66. The molecule has 1 heterocycles. The molecule has 0 saturated heterocycles. The molecule has 1 amide bonds. The Morgan fingerprint density at radius 1 is 0.933 bits per heavy atom. The molecular weight excluding hydrogens is 388 g/mol. The predicted molar refractivity (Wildman–Crippen MR) is 103 cm³/mol. The SMILES string of the molecule is O=C([O-])CC/C(=N\NC(=O)c1cn(-c2ccccc2)nc1-c1ccccc1)C(=O)[O-]. The first-order valence-electron chi connectivity index (χ1n) is 8.94. The van der Waals surface area contributed by atoms with Crippen molar-refractivity contribution in [2.75, 3.05) is 0 Å². The van der Waals surface area contributed by atoms with Gasteiger partial charge in [0.05, 0.1) is 22.9 Å². The van der Waals surface area contributed by atoms with Gasteiger partial charge in [-0.2, -0.15) is 10.2 Å². The van der Waals surface area contributed by atoms with Crippen molar-refractivity contribution in [1.29, 1.82) is 0 Å². The van der Waals surface area contributed by atoms with Crippen molar-refractivity contribution in [3.8, 4) is 16.9 Å². The maximum Gasteiger partial charge on any atom is 0.275 e. The van der Waals surface area contributed by atoms with Crippen LogP contribution in [0.4, 0.5) is 0 Å². The fourth-order valence-corrected chi connectivity index (χ4v) is 2.66. The number of aromatic nitrogens is 2. The second kappa shape index (κ2) is 9.28. The van der Waals surface area contributed by atoms with E-state index in [-0.39, 0.29) is 5.56 Å². The van der Waals surface area contributed by atoms with Gasteiger partial charge in [-0.1, -0.05) is 48.5 Å². The van der Waals surface area contributed by atoms with E-state index < -0.39 is 36.4 Å². The third-order valence-corrected chi connectivity index (χ3v) is 4.12. The van der Waals surface area contributed by atoms with Crippen LogP contribution < -0.4 is 15.6 Å². The highest BCUT2D eigenvalue weighted by Gasteiger charge is 2.18. The van der Waals surface area contributed by atoms with E-state index in [0.29, 0.717) is 11.3 Å². The monoisotopic (exact) mass is 404 g/mol. The summed E-state index contributed by atoms with van der Waals surface area (Å²) in [5.41, 5.74) is 3.47. The van der Waals surface area contributed by atoms with Crippen molar-refractivity contribution < 1.29 is 24.6 Å². The number of hydrogen-bond acceptors (Lipinski definition) is 7. The van der Waals surface area contributed by atoms with Gasteiger partial charge >= 0.3 is 0 Å². The van der Waals surface area contributed by atoms with Crippen LogP contribution in [0.2, 0.25) is 0 Å². The van der Waals surface area contributed by atoms with Gasteiger partial charge in [0.2, 0.25) is 0 Å². The minimum absolute atomic E-state index is 0.159. The molecule has 9 heteroatoms. The van der Waals surface area contributed by atoms with Gasteiger partial charge in [0, 0.05) is 17.7 Å². The maximum atomic E-state index is 12.7. The highest BCUT2D eigenvalue weighted by atomic mass is 16.4. The lowest BCUT2D eigenvalue weighted by Crippen LogP contribution is -2.35. The third kappa shape index (κ3) is 4.96. The Balaban J connectivity index is 1.94. The molecule has 1 N–H and O–H groups in total. The Hall–Kier alpha value is -4.27. The van der Waals surface area contributed by atoms with E-state index in [1.54, 1.807) is 24.3 Å². The molecular formula is C21H16N4O5-2. The van der Waals surface area contributed by atoms with Gasteiger partial charge in [0.25, 0.3) is 5.91 Å². The standard InChI is InChI=1S/C21H18N4O5/c26-18(27)12-11-17(21(29)30)22-23-20(28)16-13-25(15-9-5-2-6-10-15)24-19(16)14-7-3-1-4-8-14/h1-10,13H,11-12H2,(H,23,28)(H,26,27)(H,29,30)/p-2/b22-17+. The smallest absolute Gasteiger partial charge is 0.275 e. The lowest BCUT2D eigenvalue weighted by Gasteiger charge is -2.08. The van der Waals surface area contributed by atoms with Gasteiger partial charge in [-0.25, -0.2) is 10.1 Å². The number of benzene rings is 2. The molecule has 0 radical (unpaired) electrons. The predicted octanol–water partition coefficient (Wildman–Crippen LogP) is -0.0949. The summed E-state index contributed by atoms with van der Waals surface area (Å²) in [5, 5.41) is 29.7. The molecule has 0 fully saturated rings. The molecule has 152 valence electrons. The number of amides is 1. The lowest BCUT2D eigenvalue weighted by molar-refractivity contribution is -0.305. The number of para-hydroxylation sites is 1. The van der Waals surface area contributed by atoms with Crippen molar-refractivity contribution in [3.05, 3.63) is 72.4 Å². The molecule has 3 rings (SSSR count).